The second-order valence-electron chi connectivity index (χ2n) is 5.33. The Morgan fingerprint density at radius 2 is 2.00 bits per heavy atom. The van der Waals surface area contributed by atoms with Crippen molar-refractivity contribution >= 4 is 32.9 Å². The molecule has 2 N–H and O–H groups in total. The molecule has 0 aliphatic carbocycles. The molecule has 0 bridgehead atoms. The zero-order valence-electron chi connectivity index (χ0n) is 14.2. The molecular weight excluding hydrogens is 409 g/mol. The molecule has 0 fully saturated rings. The fraction of sp³-hybridized carbons (Fsp3) is 0.312. The Morgan fingerprint density at radius 1 is 1.19 bits per heavy atom. The Morgan fingerprint density at radius 3 is 2.69 bits per heavy atom. The van der Waals surface area contributed by atoms with Crippen molar-refractivity contribution in [2.24, 2.45) is 0 Å². The van der Waals surface area contributed by atoms with E-state index < -0.39 is 0 Å². The van der Waals surface area contributed by atoms with Crippen molar-refractivity contribution < 1.29 is 18.6 Å². The van der Waals surface area contributed by atoms with Crippen LogP contribution in [0.3, 0.4) is 0 Å². The molecule has 1 aromatic carbocycles. The summed E-state index contributed by atoms with van der Waals surface area (Å²) >= 11 is 3.24. The highest BCUT2D eigenvalue weighted by atomic mass is 79.9. The van der Waals surface area contributed by atoms with Gasteiger partial charge in [0.15, 0.2) is 17.0 Å². The van der Waals surface area contributed by atoms with E-state index in [1.54, 1.807) is 23.8 Å². The highest BCUT2D eigenvalue weighted by molar-refractivity contribution is 9.10. The molecule has 0 amide bonds. The maximum Gasteiger partial charge on any atom is 0.320 e. The van der Waals surface area contributed by atoms with E-state index in [1.165, 1.54) is 13.2 Å². The Labute approximate surface area is 157 Å². The van der Waals surface area contributed by atoms with Gasteiger partial charge in [-0.1, -0.05) is 22.0 Å². The van der Waals surface area contributed by atoms with Gasteiger partial charge < -0.3 is 19.9 Å². The number of ether oxygens (including phenoxy) is 3. The van der Waals surface area contributed by atoms with E-state index in [0.29, 0.717) is 27.8 Å². The number of methoxy groups -OCH3 is 2. The van der Waals surface area contributed by atoms with Crippen LogP contribution in [-0.4, -0.2) is 47.0 Å². The van der Waals surface area contributed by atoms with Crippen LogP contribution < -0.4 is 15.2 Å². The lowest BCUT2D eigenvalue weighted by Gasteiger charge is -2.09. The summed E-state index contributed by atoms with van der Waals surface area (Å²) in [6, 6.07) is 5.16. The van der Waals surface area contributed by atoms with Gasteiger partial charge in [0.25, 0.3) is 6.01 Å². The SMILES string of the molecule is COCCOc1nc(N)c2nc(OC)n(Cc3ccc(Br)cc3F)c2n1. The molecule has 0 radical (unpaired) electrons. The number of imidazole rings is 1. The fourth-order valence-corrected chi connectivity index (χ4v) is 2.71. The summed E-state index contributed by atoms with van der Waals surface area (Å²) < 4.78 is 32.2. The first-order valence-electron chi connectivity index (χ1n) is 7.67. The maximum atomic E-state index is 14.2. The lowest BCUT2D eigenvalue weighted by atomic mass is 10.2. The molecule has 3 aromatic rings. The average molecular weight is 426 g/mol. The number of benzene rings is 1. The van der Waals surface area contributed by atoms with Crippen LogP contribution in [-0.2, 0) is 11.3 Å². The van der Waals surface area contributed by atoms with Crippen LogP contribution in [0.5, 0.6) is 12.0 Å². The molecule has 0 spiro atoms. The molecule has 0 saturated heterocycles. The summed E-state index contributed by atoms with van der Waals surface area (Å²) in [6.45, 7) is 0.814. The standard InChI is InChI=1S/C16H17BrFN5O3/c1-24-5-6-26-15-21-13(19)12-14(22-15)23(16(20-12)25-2)8-9-3-4-10(17)7-11(9)18/h3-4,7H,5-6,8H2,1-2H3,(H2,19,21,22). The second-order valence-corrected chi connectivity index (χ2v) is 6.24. The molecule has 3 rings (SSSR count). The second kappa shape index (κ2) is 7.83. The summed E-state index contributed by atoms with van der Waals surface area (Å²) in [4.78, 5) is 12.7. The van der Waals surface area contributed by atoms with Crippen molar-refractivity contribution in [3.05, 3.63) is 34.1 Å². The molecule has 0 atom stereocenters. The van der Waals surface area contributed by atoms with Crippen molar-refractivity contribution in [2.45, 2.75) is 6.54 Å². The number of aromatic nitrogens is 4. The summed E-state index contributed by atoms with van der Waals surface area (Å²) in [7, 11) is 3.03. The van der Waals surface area contributed by atoms with Gasteiger partial charge in [-0.2, -0.15) is 15.0 Å². The highest BCUT2D eigenvalue weighted by Crippen LogP contribution is 2.27. The van der Waals surface area contributed by atoms with Crippen molar-refractivity contribution in [1.82, 2.24) is 19.5 Å². The molecule has 2 aromatic heterocycles. The quantitative estimate of drug-likeness (QED) is 0.580. The van der Waals surface area contributed by atoms with Crippen molar-refractivity contribution in [2.75, 3.05) is 33.2 Å². The van der Waals surface area contributed by atoms with Crippen molar-refractivity contribution in [3.63, 3.8) is 0 Å². The van der Waals surface area contributed by atoms with E-state index in [1.807, 2.05) is 0 Å². The van der Waals surface area contributed by atoms with Crippen LogP contribution >= 0.6 is 15.9 Å². The van der Waals surface area contributed by atoms with E-state index in [-0.39, 0.29) is 36.8 Å². The molecule has 10 heteroatoms. The fourth-order valence-electron chi connectivity index (χ4n) is 2.38. The van der Waals surface area contributed by atoms with Gasteiger partial charge in [0, 0.05) is 17.1 Å². The first-order chi connectivity index (χ1) is 12.5. The molecule has 138 valence electrons. The van der Waals surface area contributed by atoms with Gasteiger partial charge in [0.1, 0.15) is 12.4 Å². The predicted octanol–water partition coefficient (Wildman–Crippen LogP) is 2.39. The largest absolute Gasteiger partial charge is 0.468 e. The predicted molar refractivity (Wildman–Crippen MR) is 96.9 cm³/mol. The number of halogens is 2. The number of nitrogens with zero attached hydrogens (tertiary/aromatic N) is 4. The topological polar surface area (TPSA) is 97.3 Å². The zero-order chi connectivity index (χ0) is 18.7. The number of fused-ring (bicyclic) bond motifs is 1. The monoisotopic (exact) mass is 425 g/mol. The van der Waals surface area contributed by atoms with Gasteiger partial charge in [-0.3, -0.25) is 4.57 Å². The Bertz CT molecular complexity index is 934. The summed E-state index contributed by atoms with van der Waals surface area (Å²) in [6.07, 6.45) is 0. The molecular formula is C16H17BrFN5O3. The molecule has 0 aliphatic heterocycles. The third kappa shape index (κ3) is 3.70. The maximum absolute atomic E-state index is 14.2. The first-order valence-corrected chi connectivity index (χ1v) is 8.46. The number of rotatable bonds is 7. The third-order valence-corrected chi connectivity index (χ3v) is 4.10. The van der Waals surface area contributed by atoms with E-state index in [4.69, 9.17) is 19.9 Å². The minimum atomic E-state index is -0.359. The Kier molecular flexibility index (Phi) is 5.52. The van der Waals surface area contributed by atoms with Gasteiger partial charge in [-0.05, 0) is 12.1 Å². The number of hydrogen-bond donors (Lipinski definition) is 1. The minimum Gasteiger partial charge on any atom is -0.468 e. The van der Waals surface area contributed by atoms with Crippen LogP contribution in [0.2, 0.25) is 0 Å². The van der Waals surface area contributed by atoms with E-state index >= 15 is 0 Å². The van der Waals surface area contributed by atoms with Gasteiger partial charge in [-0.25, -0.2) is 4.39 Å². The number of anilines is 1. The smallest absolute Gasteiger partial charge is 0.320 e. The third-order valence-electron chi connectivity index (χ3n) is 3.61. The highest BCUT2D eigenvalue weighted by Gasteiger charge is 2.19. The first kappa shape index (κ1) is 18.3. The molecule has 0 saturated carbocycles. The lowest BCUT2D eigenvalue weighted by molar-refractivity contribution is 0.141. The van der Waals surface area contributed by atoms with E-state index in [0.717, 1.165) is 0 Å². The number of nitrogen functional groups attached to an aromatic ring is 1. The Hall–Kier alpha value is -2.46. The molecule has 0 aliphatic rings. The molecule has 8 nitrogen and oxygen atoms in total. The van der Waals surface area contributed by atoms with Crippen molar-refractivity contribution in [3.8, 4) is 12.0 Å². The van der Waals surface area contributed by atoms with Crippen LogP contribution in [0.15, 0.2) is 22.7 Å². The zero-order valence-corrected chi connectivity index (χ0v) is 15.8. The van der Waals surface area contributed by atoms with Gasteiger partial charge in [0.2, 0.25) is 0 Å². The normalized spacial score (nSPS) is 11.1. The molecule has 26 heavy (non-hydrogen) atoms. The Balaban J connectivity index is 2.04. The summed E-state index contributed by atoms with van der Waals surface area (Å²) in [5, 5.41) is 0. The number of nitrogens with two attached hydrogens (primary N) is 1. The minimum absolute atomic E-state index is 0.0899. The van der Waals surface area contributed by atoms with E-state index in [2.05, 4.69) is 30.9 Å². The summed E-state index contributed by atoms with van der Waals surface area (Å²) in [5.41, 5.74) is 7.17. The average Bonchev–Trinajstić information content (AvgIpc) is 2.96. The van der Waals surface area contributed by atoms with Crippen molar-refractivity contribution in [1.29, 1.82) is 0 Å². The number of hydrogen-bond acceptors (Lipinski definition) is 7. The van der Waals surface area contributed by atoms with E-state index in [9.17, 15) is 4.39 Å². The van der Waals surface area contributed by atoms with Crippen LogP contribution in [0, 0.1) is 5.82 Å². The van der Waals surface area contributed by atoms with Crippen LogP contribution in [0.4, 0.5) is 10.2 Å². The van der Waals surface area contributed by atoms with Gasteiger partial charge in [0.05, 0.1) is 20.3 Å². The molecule has 0 unspecified atom stereocenters. The lowest BCUT2D eigenvalue weighted by Crippen LogP contribution is -2.09. The summed E-state index contributed by atoms with van der Waals surface area (Å²) in [5.74, 6) is -0.211. The van der Waals surface area contributed by atoms with Gasteiger partial charge in [-0.15, -0.1) is 0 Å². The molecule has 2 heterocycles. The van der Waals surface area contributed by atoms with Crippen LogP contribution in [0.25, 0.3) is 11.2 Å². The van der Waals surface area contributed by atoms with Crippen LogP contribution in [0.1, 0.15) is 5.56 Å². The van der Waals surface area contributed by atoms with Gasteiger partial charge >= 0.3 is 6.01 Å².